The Morgan fingerprint density at radius 2 is 1.68 bits per heavy atom. The molecule has 2 amide bonds. The molecule has 9 heteroatoms. The van der Waals surface area contributed by atoms with Gasteiger partial charge in [0.15, 0.2) is 0 Å². The van der Waals surface area contributed by atoms with E-state index in [1.54, 1.807) is 9.80 Å². The third-order valence-corrected chi connectivity index (χ3v) is 8.82. The van der Waals surface area contributed by atoms with Crippen molar-refractivity contribution in [3.63, 3.8) is 0 Å². The second kappa shape index (κ2) is 11.1. The predicted molar refractivity (Wildman–Crippen MR) is 156 cm³/mol. The second-order valence-corrected chi connectivity index (χ2v) is 11.7. The summed E-state index contributed by atoms with van der Waals surface area (Å²) in [4.78, 5) is 32.4. The minimum Gasteiger partial charge on any atom is -0.442 e. The minimum absolute atomic E-state index is 0.0211. The Kier molecular flexibility index (Phi) is 7.40. The van der Waals surface area contributed by atoms with Gasteiger partial charge in [-0.1, -0.05) is 24.3 Å². The maximum atomic E-state index is 12.6. The molecule has 212 valence electrons. The van der Waals surface area contributed by atoms with Gasteiger partial charge < -0.3 is 24.3 Å². The highest BCUT2D eigenvalue weighted by Gasteiger charge is 2.34. The molecule has 0 radical (unpaired) electrons. The van der Waals surface area contributed by atoms with Crippen LogP contribution < -0.4 is 4.90 Å². The summed E-state index contributed by atoms with van der Waals surface area (Å²) in [6.45, 7) is 12.1. The Hall–Kier alpha value is -3.59. The van der Waals surface area contributed by atoms with Crippen LogP contribution in [0.4, 0.5) is 10.5 Å². The van der Waals surface area contributed by atoms with Crippen LogP contribution in [-0.4, -0.2) is 101 Å². The van der Waals surface area contributed by atoms with Crippen molar-refractivity contribution in [2.75, 3.05) is 57.3 Å². The number of aromatic nitrogens is 2. The molecule has 0 bridgehead atoms. The number of anilines is 1. The smallest absolute Gasteiger partial charge is 0.410 e. The fourth-order valence-corrected chi connectivity index (χ4v) is 6.24. The lowest BCUT2D eigenvalue weighted by atomic mass is 9.89. The van der Waals surface area contributed by atoms with Crippen molar-refractivity contribution in [1.29, 1.82) is 0 Å². The average Bonchev–Trinajstić information content (AvgIpc) is 3.39. The number of hydrogen-bond donors (Lipinski definition) is 0. The number of piperidine rings is 1. The molecule has 0 aliphatic carbocycles. The first-order chi connectivity index (χ1) is 19.4. The van der Waals surface area contributed by atoms with E-state index in [4.69, 9.17) is 4.74 Å². The molecule has 1 atom stereocenters. The molecule has 3 aliphatic heterocycles. The first-order valence-corrected chi connectivity index (χ1v) is 14.6. The van der Waals surface area contributed by atoms with Gasteiger partial charge in [-0.2, -0.15) is 5.10 Å². The lowest BCUT2D eigenvalue weighted by Crippen LogP contribution is -2.57. The molecular weight excluding hydrogens is 504 g/mol. The normalized spacial score (nSPS) is 20.7. The largest absolute Gasteiger partial charge is 0.442 e. The summed E-state index contributed by atoms with van der Waals surface area (Å²) < 4.78 is 7.55. The van der Waals surface area contributed by atoms with Crippen molar-refractivity contribution >= 4 is 23.2 Å². The Balaban J connectivity index is 1.10. The van der Waals surface area contributed by atoms with Crippen molar-refractivity contribution in [2.24, 2.45) is 0 Å². The van der Waals surface area contributed by atoms with Crippen molar-refractivity contribution in [1.82, 2.24) is 24.3 Å². The molecule has 3 aliphatic rings. The van der Waals surface area contributed by atoms with Gasteiger partial charge in [0, 0.05) is 63.6 Å². The first-order valence-electron chi connectivity index (χ1n) is 14.6. The third kappa shape index (κ3) is 5.39. The van der Waals surface area contributed by atoms with Crippen molar-refractivity contribution in [3.8, 4) is 11.1 Å². The van der Waals surface area contributed by atoms with Gasteiger partial charge in [-0.05, 0) is 62.4 Å². The summed E-state index contributed by atoms with van der Waals surface area (Å²) >= 11 is 0. The fourth-order valence-electron chi connectivity index (χ4n) is 6.24. The van der Waals surface area contributed by atoms with Crippen LogP contribution >= 0.6 is 0 Å². The van der Waals surface area contributed by atoms with E-state index >= 15 is 0 Å². The maximum absolute atomic E-state index is 12.6. The molecular formula is C31H40N6O3. The molecule has 2 aromatic heterocycles. The number of benzene rings is 1. The summed E-state index contributed by atoms with van der Waals surface area (Å²) in [7, 11) is 0. The second-order valence-electron chi connectivity index (χ2n) is 11.7. The standard InChI is InChI=1S/C31H40N6O3/c1-22(2)35-12-4-5-26(18-35)24-6-8-25(9-7-24)27-17-30-29(10-11-32-37(30)19-27)33-13-15-34(16-14-33)31(39)40-28-20-36(21-28)23(3)38/h6-11,17,19,22,26,28H,4-5,12-16,18,20-21H2,1-3H3/t26-/m1/s1. The molecule has 0 spiro atoms. The number of amides is 2. The van der Waals surface area contributed by atoms with Crippen LogP contribution in [0, 0.1) is 0 Å². The predicted octanol–water partition coefficient (Wildman–Crippen LogP) is 4.08. The highest BCUT2D eigenvalue weighted by Crippen LogP contribution is 2.32. The van der Waals surface area contributed by atoms with Crippen LogP contribution in [0.3, 0.4) is 0 Å². The lowest BCUT2D eigenvalue weighted by Gasteiger charge is -2.40. The monoisotopic (exact) mass is 544 g/mol. The molecule has 5 heterocycles. The maximum Gasteiger partial charge on any atom is 0.410 e. The van der Waals surface area contributed by atoms with E-state index < -0.39 is 0 Å². The van der Waals surface area contributed by atoms with Gasteiger partial charge in [0.2, 0.25) is 5.91 Å². The summed E-state index contributed by atoms with van der Waals surface area (Å²) in [6.07, 6.45) is 5.99. The fraction of sp³-hybridized carbons (Fsp3) is 0.516. The zero-order valence-electron chi connectivity index (χ0n) is 23.8. The summed E-state index contributed by atoms with van der Waals surface area (Å²) in [5.41, 5.74) is 5.97. The van der Waals surface area contributed by atoms with E-state index in [1.807, 2.05) is 10.7 Å². The van der Waals surface area contributed by atoms with E-state index in [1.165, 1.54) is 37.4 Å². The van der Waals surface area contributed by atoms with E-state index in [2.05, 4.69) is 71.3 Å². The summed E-state index contributed by atoms with van der Waals surface area (Å²) in [5, 5.41) is 4.58. The van der Waals surface area contributed by atoms with Gasteiger partial charge in [-0.3, -0.25) is 4.79 Å². The number of hydrogen-bond acceptors (Lipinski definition) is 6. The van der Waals surface area contributed by atoms with Crippen LogP contribution in [-0.2, 0) is 9.53 Å². The zero-order chi connectivity index (χ0) is 27.8. The van der Waals surface area contributed by atoms with Crippen molar-refractivity contribution in [3.05, 3.63) is 54.4 Å². The van der Waals surface area contributed by atoms with E-state index in [0.717, 1.165) is 36.4 Å². The molecule has 1 aromatic carbocycles. The van der Waals surface area contributed by atoms with Crippen LogP contribution in [0.1, 0.15) is 45.1 Å². The first kappa shape index (κ1) is 26.6. The molecule has 0 saturated carbocycles. The molecule has 3 saturated heterocycles. The lowest BCUT2D eigenvalue weighted by molar-refractivity contribution is -0.139. The Bertz CT molecular complexity index is 1360. The molecule has 3 fully saturated rings. The molecule has 3 aromatic rings. The van der Waals surface area contributed by atoms with Crippen LogP contribution in [0.15, 0.2) is 48.8 Å². The van der Waals surface area contributed by atoms with Crippen LogP contribution in [0.2, 0.25) is 0 Å². The number of piperazine rings is 1. The van der Waals surface area contributed by atoms with E-state index in [9.17, 15) is 9.59 Å². The van der Waals surface area contributed by atoms with Gasteiger partial charge in [0.1, 0.15) is 6.10 Å². The molecule has 0 unspecified atom stereocenters. The SMILES string of the molecule is CC(=O)N1CC(OC(=O)N2CCN(c3ccnn4cc(-c5ccc([C@@H]6CCCN(C(C)C)C6)cc5)cc34)CC2)C1. The van der Waals surface area contributed by atoms with Crippen molar-refractivity contribution < 1.29 is 14.3 Å². The molecule has 6 rings (SSSR count). The number of carbonyl (C=O) groups excluding carboxylic acids is 2. The van der Waals surface area contributed by atoms with Gasteiger partial charge in [0.25, 0.3) is 0 Å². The van der Waals surface area contributed by atoms with Gasteiger partial charge in [-0.25, -0.2) is 9.31 Å². The van der Waals surface area contributed by atoms with Gasteiger partial charge in [0.05, 0.1) is 24.3 Å². The van der Waals surface area contributed by atoms with Crippen molar-refractivity contribution in [2.45, 2.75) is 51.7 Å². The number of nitrogens with zero attached hydrogens (tertiary/aromatic N) is 6. The average molecular weight is 545 g/mol. The highest BCUT2D eigenvalue weighted by atomic mass is 16.6. The summed E-state index contributed by atoms with van der Waals surface area (Å²) in [6, 6.07) is 14.0. The number of rotatable bonds is 5. The third-order valence-electron chi connectivity index (χ3n) is 8.82. The van der Waals surface area contributed by atoms with Crippen LogP contribution in [0.25, 0.3) is 16.6 Å². The highest BCUT2D eigenvalue weighted by molar-refractivity contribution is 5.80. The Labute approximate surface area is 236 Å². The van der Waals surface area contributed by atoms with E-state index in [0.29, 0.717) is 38.1 Å². The number of ether oxygens (including phenoxy) is 1. The number of carbonyl (C=O) groups is 2. The Morgan fingerprint density at radius 3 is 2.38 bits per heavy atom. The zero-order valence-corrected chi connectivity index (χ0v) is 23.8. The number of likely N-dealkylation sites (tertiary alicyclic amines) is 2. The summed E-state index contributed by atoms with van der Waals surface area (Å²) in [5.74, 6) is 0.624. The van der Waals surface area contributed by atoms with Crippen LogP contribution in [0.5, 0.6) is 0 Å². The number of fused-ring (bicyclic) bond motifs is 1. The van der Waals surface area contributed by atoms with Gasteiger partial charge in [-0.15, -0.1) is 0 Å². The van der Waals surface area contributed by atoms with Gasteiger partial charge >= 0.3 is 6.09 Å². The molecule has 9 nitrogen and oxygen atoms in total. The quantitative estimate of drug-likeness (QED) is 0.482. The van der Waals surface area contributed by atoms with E-state index in [-0.39, 0.29) is 18.1 Å². The molecule has 0 N–H and O–H groups in total. The minimum atomic E-state index is -0.286. The topological polar surface area (TPSA) is 73.6 Å². The molecule has 40 heavy (non-hydrogen) atoms. The Morgan fingerprint density at radius 1 is 0.925 bits per heavy atom.